The van der Waals surface area contributed by atoms with Crippen molar-refractivity contribution in [1.29, 1.82) is 0 Å². The van der Waals surface area contributed by atoms with Crippen LogP contribution in [0.25, 0.3) is 0 Å². The molecular weight excluding hydrogens is 658 g/mol. The van der Waals surface area contributed by atoms with E-state index in [1.54, 1.807) is 26.0 Å². The van der Waals surface area contributed by atoms with Crippen molar-refractivity contribution in [2.45, 2.75) is 51.8 Å². The lowest BCUT2D eigenvalue weighted by molar-refractivity contribution is -0.384. The number of non-ortho nitro benzene ring substituents is 1. The van der Waals surface area contributed by atoms with Crippen molar-refractivity contribution >= 4 is 53.1 Å². The molecule has 18 nitrogen and oxygen atoms in total. The second-order valence-corrected chi connectivity index (χ2v) is 11.3. The summed E-state index contributed by atoms with van der Waals surface area (Å²) in [7, 11) is 0. The maximum Gasteiger partial charge on any atom is 0.514 e. The Bertz CT molecular complexity index is 1610. The van der Waals surface area contributed by atoms with Gasteiger partial charge < -0.3 is 36.5 Å². The third-order valence-corrected chi connectivity index (χ3v) is 7.16. The smallest absolute Gasteiger partial charge is 0.429 e. The Hall–Kier alpha value is -6.33. The van der Waals surface area contributed by atoms with Crippen LogP contribution in [0.15, 0.2) is 60.7 Å². The average Bonchev–Trinajstić information content (AvgIpc) is 3.39. The summed E-state index contributed by atoms with van der Waals surface area (Å²) < 4.78 is 10.1. The lowest BCUT2D eigenvalue weighted by Crippen LogP contribution is -2.54. The zero-order valence-corrected chi connectivity index (χ0v) is 27.2. The number of hydrogen-bond donors (Lipinski definition) is 5. The molecule has 0 saturated heterocycles. The number of anilines is 1. The van der Waals surface area contributed by atoms with Gasteiger partial charge in [-0.1, -0.05) is 26.0 Å². The molecule has 0 aliphatic carbocycles. The fourth-order valence-electron chi connectivity index (χ4n) is 4.51. The molecule has 2 aromatic rings. The first-order chi connectivity index (χ1) is 23.7. The van der Waals surface area contributed by atoms with Crippen molar-refractivity contribution in [1.82, 2.24) is 20.9 Å². The summed E-state index contributed by atoms with van der Waals surface area (Å²) in [5, 5.41) is 21.1. The number of nitrogens with zero attached hydrogens (tertiary/aromatic N) is 2. The van der Waals surface area contributed by atoms with Crippen LogP contribution in [-0.2, 0) is 35.3 Å². The molecule has 6 N–H and O–H groups in total. The molecule has 0 bridgehead atoms. The van der Waals surface area contributed by atoms with E-state index in [4.69, 9.17) is 15.2 Å². The Kier molecular flexibility index (Phi) is 13.9. The Labute approximate surface area is 285 Å². The highest BCUT2D eigenvalue weighted by atomic mass is 16.7. The minimum absolute atomic E-state index is 0.0541. The van der Waals surface area contributed by atoms with E-state index in [2.05, 4.69) is 21.3 Å². The topological polar surface area (TPSA) is 258 Å². The van der Waals surface area contributed by atoms with Crippen LogP contribution in [0.2, 0.25) is 0 Å². The Morgan fingerprint density at radius 1 is 0.920 bits per heavy atom. The van der Waals surface area contributed by atoms with E-state index in [1.807, 2.05) is 0 Å². The molecule has 0 radical (unpaired) electrons. The summed E-state index contributed by atoms with van der Waals surface area (Å²) in [6.45, 7) is 3.15. The van der Waals surface area contributed by atoms with Gasteiger partial charge in [-0.15, -0.1) is 0 Å². The summed E-state index contributed by atoms with van der Waals surface area (Å²) in [4.78, 5) is 97.0. The molecule has 0 spiro atoms. The van der Waals surface area contributed by atoms with Gasteiger partial charge >= 0.3 is 12.2 Å². The first-order valence-corrected chi connectivity index (χ1v) is 15.4. The highest BCUT2D eigenvalue weighted by molar-refractivity contribution is 6.13. The van der Waals surface area contributed by atoms with Crippen molar-refractivity contribution in [3.63, 3.8) is 0 Å². The molecule has 2 aromatic carbocycles. The highest BCUT2D eigenvalue weighted by Crippen LogP contribution is 2.18. The zero-order chi connectivity index (χ0) is 36.8. The first kappa shape index (κ1) is 38.1. The van der Waals surface area contributed by atoms with Gasteiger partial charge in [-0.25, -0.2) is 9.59 Å². The summed E-state index contributed by atoms with van der Waals surface area (Å²) in [6.07, 6.45) is 1.28. The van der Waals surface area contributed by atoms with Crippen LogP contribution in [0.3, 0.4) is 0 Å². The van der Waals surface area contributed by atoms with E-state index < -0.39 is 64.6 Å². The van der Waals surface area contributed by atoms with Gasteiger partial charge in [-0.2, -0.15) is 0 Å². The number of hydrogen-bond acceptors (Lipinski definition) is 11. The Morgan fingerprint density at radius 2 is 1.56 bits per heavy atom. The van der Waals surface area contributed by atoms with Crippen molar-refractivity contribution < 1.29 is 48.0 Å². The van der Waals surface area contributed by atoms with Crippen LogP contribution in [0.1, 0.15) is 38.7 Å². The van der Waals surface area contributed by atoms with Crippen molar-refractivity contribution in [3.05, 3.63) is 76.4 Å². The van der Waals surface area contributed by atoms with Gasteiger partial charge in [0.15, 0.2) is 0 Å². The highest BCUT2D eigenvalue weighted by Gasteiger charge is 2.30. The van der Waals surface area contributed by atoms with Crippen molar-refractivity contribution in [2.24, 2.45) is 11.7 Å². The summed E-state index contributed by atoms with van der Waals surface area (Å²) in [5.41, 5.74) is 5.82. The largest absolute Gasteiger partial charge is 0.514 e. The van der Waals surface area contributed by atoms with Gasteiger partial charge in [0.05, 0.1) is 4.92 Å². The molecule has 7 amide bonds. The fourth-order valence-corrected chi connectivity index (χ4v) is 4.51. The average molecular weight is 696 g/mol. The molecule has 50 heavy (non-hydrogen) atoms. The number of rotatable bonds is 17. The molecule has 18 heteroatoms. The number of nitro benzene ring substituents is 1. The van der Waals surface area contributed by atoms with Crippen molar-refractivity contribution in [3.8, 4) is 5.75 Å². The zero-order valence-electron chi connectivity index (χ0n) is 27.2. The quantitative estimate of drug-likeness (QED) is 0.0397. The van der Waals surface area contributed by atoms with E-state index in [9.17, 15) is 43.7 Å². The SMILES string of the molecule is CC(C)[C@H](NC(=O)CCN1C(=O)C=CC1=O)C(=O)N[C@@H](CCCNC(N)=O)C(=O)Nc1ccc(COC(=O)Oc2ccc([N+](=O)[O-])cc2)cc1. The molecule has 1 heterocycles. The maximum absolute atomic E-state index is 13.3. The van der Waals surface area contributed by atoms with Gasteiger partial charge in [0.25, 0.3) is 17.5 Å². The molecule has 0 fully saturated rings. The Balaban J connectivity index is 1.57. The van der Waals surface area contributed by atoms with Gasteiger partial charge in [0, 0.05) is 49.5 Å². The van der Waals surface area contributed by atoms with E-state index in [1.165, 1.54) is 36.4 Å². The minimum Gasteiger partial charge on any atom is -0.429 e. The number of carbonyl (C=O) groups is 7. The first-order valence-electron chi connectivity index (χ1n) is 15.4. The molecule has 2 atom stereocenters. The van der Waals surface area contributed by atoms with Crippen LogP contribution in [0.5, 0.6) is 5.75 Å². The number of carbonyl (C=O) groups excluding carboxylic acids is 7. The van der Waals surface area contributed by atoms with E-state index >= 15 is 0 Å². The lowest BCUT2D eigenvalue weighted by atomic mass is 10.0. The van der Waals surface area contributed by atoms with E-state index in [0.29, 0.717) is 11.3 Å². The van der Waals surface area contributed by atoms with Gasteiger partial charge in [-0.05, 0) is 48.6 Å². The molecule has 266 valence electrons. The maximum atomic E-state index is 13.3. The van der Waals surface area contributed by atoms with Gasteiger partial charge in [0.2, 0.25) is 17.7 Å². The fraction of sp³-hybridized carbons (Fsp3) is 0.344. The molecule has 1 aliphatic heterocycles. The lowest BCUT2D eigenvalue weighted by Gasteiger charge is -2.25. The molecule has 0 aromatic heterocycles. The van der Waals surface area contributed by atoms with Crippen molar-refractivity contribution in [2.75, 3.05) is 18.4 Å². The molecule has 1 aliphatic rings. The standard InChI is InChI=1S/C32H37N7O11/c1-19(2)28(37-25(40)15-17-38-26(41)13-14-27(38)42)30(44)36-24(4-3-16-34-31(33)45)29(43)35-21-7-5-20(6-8-21)18-49-32(46)50-23-11-9-22(10-12-23)39(47)48/h5-14,19,24,28H,3-4,15-18H2,1-2H3,(H,35,43)(H,36,44)(H,37,40)(H3,33,34,45)/t24-,28-/m0/s1. The monoisotopic (exact) mass is 695 g/mol. The number of nitrogens with two attached hydrogens (primary N) is 1. The predicted octanol–water partition coefficient (Wildman–Crippen LogP) is 1.64. The van der Waals surface area contributed by atoms with Crippen LogP contribution in [0, 0.1) is 16.0 Å². The number of ether oxygens (including phenoxy) is 2. The second kappa shape index (κ2) is 18.3. The number of nitrogens with one attached hydrogen (secondary N) is 4. The van der Waals surface area contributed by atoms with Gasteiger partial charge in [-0.3, -0.25) is 39.0 Å². The summed E-state index contributed by atoms with van der Waals surface area (Å²) in [5.74, 6) is -3.26. The second-order valence-electron chi connectivity index (χ2n) is 11.3. The summed E-state index contributed by atoms with van der Waals surface area (Å²) >= 11 is 0. The minimum atomic E-state index is -1.10. The van der Waals surface area contributed by atoms with E-state index in [-0.39, 0.29) is 50.4 Å². The molecule has 0 unspecified atom stereocenters. The number of urea groups is 1. The number of imide groups is 1. The Morgan fingerprint density at radius 3 is 2.14 bits per heavy atom. The van der Waals surface area contributed by atoms with E-state index in [0.717, 1.165) is 17.1 Å². The molecule has 0 saturated carbocycles. The molecule has 3 rings (SSSR count). The van der Waals surface area contributed by atoms with Crippen LogP contribution in [-0.4, -0.2) is 76.7 Å². The third kappa shape index (κ3) is 12.0. The normalized spacial score (nSPS) is 13.3. The predicted molar refractivity (Wildman–Crippen MR) is 175 cm³/mol. The number of benzene rings is 2. The third-order valence-electron chi connectivity index (χ3n) is 7.16. The van der Waals surface area contributed by atoms with Crippen LogP contribution < -0.4 is 31.7 Å². The van der Waals surface area contributed by atoms with Crippen LogP contribution >= 0.6 is 0 Å². The van der Waals surface area contributed by atoms with Crippen LogP contribution in [0.4, 0.5) is 21.0 Å². The molecular formula is C32H37N7O11. The number of primary amides is 1. The number of amides is 7. The van der Waals surface area contributed by atoms with Gasteiger partial charge in [0.1, 0.15) is 24.4 Å². The number of nitro groups is 1. The summed E-state index contributed by atoms with van der Waals surface area (Å²) in [6, 6.07) is 8.16.